The van der Waals surface area contributed by atoms with Crippen LogP contribution in [0.15, 0.2) is 11.2 Å². The molecule has 1 aromatic heterocycles. The summed E-state index contributed by atoms with van der Waals surface area (Å²) < 4.78 is 28.2. The van der Waals surface area contributed by atoms with Gasteiger partial charge in [-0.25, -0.2) is 18.1 Å². The number of sulfonamides is 1. The minimum absolute atomic E-state index is 0. The molecular formula is C14H28ClN5O3S. The van der Waals surface area contributed by atoms with E-state index in [9.17, 15) is 13.2 Å². The number of hydrogen-bond acceptors (Lipinski definition) is 5. The summed E-state index contributed by atoms with van der Waals surface area (Å²) in [6.07, 6.45) is 2.94. The van der Waals surface area contributed by atoms with Gasteiger partial charge in [0.25, 0.3) is 10.0 Å². The molecule has 1 rings (SSSR count). The standard InChI is InChI=1S/C14H27N5O3S.ClH/c1-5-14(6-2,10-15)18-12(20)7-8-16-23(21,22)13-9-19(4)11(3)17-13;/h9,16H,5-8,10,15H2,1-4H3,(H,18,20);1H. The van der Waals surface area contributed by atoms with Gasteiger partial charge in [-0.3, -0.25) is 4.79 Å². The second-order valence-electron chi connectivity index (χ2n) is 5.62. The van der Waals surface area contributed by atoms with Gasteiger partial charge in [0.1, 0.15) is 5.82 Å². The van der Waals surface area contributed by atoms with Gasteiger partial charge in [0.2, 0.25) is 5.91 Å². The Morgan fingerprint density at radius 2 is 1.96 bits per heavy atom. The first-order valence-corrected chi connectivity index (χ1v) is 9.18. The van der Waals surface area contributed by atoms with Crippen molar-refractivity contribution in [3.05, 3.63) is 12.0 Å². The molecule has 0 saturated heterocycles. The number of imidazole rings is 1. The van der Waals surface area contributed by atoms with E-state index in [0.717, 1.165) is 12.8 Å². The number of nitrogens with two attached hydrogens (primary N) is 1. The summed E-state index contributed by atoms with van der Waals surface area (Å²) in [6.45, 7) is 6.00. The molecule has 0 fully saturated rings. The molecule has 4 N–H and O–H groups in total. The molecule has 0 aliphatic heterocycles. The maximum absolute atomic E-state index is 12.1. The highest BCUT2D eigenvalue weighted by atomic mass is 35.5. The Bertz CT molecular complexity index is 613. The van der Waals surface area contributed by atoms with Crippen molar-refractivity contribution in [3.8, 4) is 0 Å². The van der Waals surface area contributed by atoms with Crippen LogP contribution < -0.4 is 15.8 Å². The number of nitrogens with one attached hydrogen (secondary N) is 2. The van der Waals surface area contributed by atoms with Crippen LogP contribution in [0.25, 0.3) is 0 Å². The van der Waals surface area contributed by atoms with E-state index in [1.807, 2.05) is 13.8 Å². The topological polar surface area (TPSA) is 119 Å². The van der Waals surface area contributed by atoms with Gasteiger partial charge in [0.05, 0.1) is 5.54 Å². The normalized spacial score (nSPS) is 11.9. The minimum Gasteiger partial charge on any atom is -0.349 e. The maximum atomic E-state index is 12.1. The van der Waals surface area contributed by atoms with Crippen LogP contribution in [0.1, 0.15) is 38.9 Å². The number of halogens is 1. The fraction of sp³-hybridized carbons (Fsp3) is 0.714. The Labute approximate surface area is 150 Å². The molecule has 0 aliphatic rings. The van der Waals surface area contributed by atoms with Crippen molar-refractivity contribution in [2.75, 3.05) is 13.1 Å². The zero-order valence-corrected chi connectivity index (χ0v) is 16.3. The zero-order valence-electron chi connectivity index (χ0n) is 14.6. The number of nitrogens with zero attached hydrogens (tertiary/aromatic N) is 2. The molecule has 0 saturated carbocycles. The molecule has 10 heteroatoms. The lowest BCUT2D eigenvalue weighted by Gasteiger charge is -2.31. The number of hydrogen-bond donors (Lipinski definition) is 3. The molecule has 0 spiro atoms. The number of aromatic nitrogens is 2. The molecule has 1 heterocycles. The Morgan fingerprint density at radius 1 is 1.38 bits per heavy atom. The first-order valence-electron chi connectivity index (χ1n) is 7.70. The van der Waals surface area contributed by atoms with Crippen molar-refractivity contribution >= 4 is 28.3 Å². The molecule has 0 unspecified atom stereocenters. The Hall–Kier alpha value is -1.16. The predicted octanol–water partition coefficient (Wildman–Crippen LogP) is 0.452. The van der Waals surface area contributed by atoms with E-state index in [1.165, 1.54) is 6.20 Å². The molecule has 0 radical (unpaired) electrons. The summed E-state index contributed by atoms with van der Waals surface area (Å²) in [6, 6.07) is 0. The summed E-state index contributed by atoms with van der Waals surface area (Å²) in [5, 5.41) is 2.86. The Kier molecular flexibility index (Phi) is 8.90. The van der Waals surface area contributed by atoms with Crippen molar-refractivity contribution in [2.45, 2.75) is 50.6 Å². The van der Waals surface area contributed by atoms with Gasteiger partial charge >= 0.3 is 0 Å². The zero-order chi connectivity index (χ0) is 17.7. The number of aryl methyl sites for hydroxylation is 2. The minimum atomic E-state index is -3.70. The molecule has 0 atom stereocenters. The van der Waals surface area contributed by atoms with Crippen molar-refractivity contribution in [1.82, 2.24) is 19.6 Å². The average Bonchev–Trinajstić information content (AvgIpc) is 2.85. The summed E-state index contributed by atoms with van der Waals surface area (Å²) in [5.41, 5.74) is 5.31. The van der Waals surface area contributed by atoms with Crippen molar-refractivity contribution < 1.29 is 13.2 Å². The van der Waals surface area contributed by atoms with Crippen LogP contribution in [0.4, 0.5) is 0 Å². The lowest BCUT2D eigenvalue weighted by Crippen LogP contribution is -2.53. The van der Waals surface area contributed by atoms with Crippen molar-refractivity contribution in [3.63, 3.8) is 0 Å². The van der Waals surface area contributed by atoms with Gasteiger partial charge in [-0.15, -0.1) is 12.4 Å². The van der Waals surface area contributed by atoms with E-state index in [1.54, 1.807) is 18.5 Å². The number of rotatable bonds is 9. The summed E-state index contributed by atoms with van der Waals surface area (Å²) in [7, 11) is -1.99. The maximum Gasteiger partial charge on any atom is 0.259 e. The number of carbonyl (C=O) groups is 1. The number of carbonyl (C=O) groups excluding carboxylic acids is 1. The molecule has 0 aliphatic carbocycles. The van der Waals surface area contributed by atoms with Crippen LogP contribution in [-0.4, -0.2) is 42.5 Å². The molecule has 0 aromatic carbocycles. The molecule has 140 valence electrons. The van der Waals surface area contributed by atoms with Crippen LogP contribution in [0.5, 0.6) is 0 Å². The number of amides is 1. The summed E-state index contributed by atoms with van der Waals surface area (Å²) >= 11 is 0. The second-order valence-corrected chi connectivity index (χ2v) is 7.34. The summed E-state index contributed by atoms with van der Waals surface area (Å²) in [4.78, 5) is 16.0. The highest BCUT2D eigenvalue weighted by Gasteiger charge is 2.26. The fourth-order valence-corrected chi connectivity index (χ4v) is 3.22. The smallest absolute Gasteiger partial charge is 0.259 e. The quantitative estimate of drug-likeness (QED) is 0.573. The third kappa shape index (κ3) is 5.73. The van der Waals surface area contributed by atoms with Crippen LogP contribution in [0, 0.1) is 6.92 Å². The second kappa shape index (κ2) is 9.36. The molecule has 1 amide bonds. The van der Waals surface area contributed by atoms with E-state index in [2.05, 4.69) is 15.0 Å². The lowest BCUT2D eigenvalue weighted by molar-refractivity contribution is -0.122. The highest BCUT2D eigenvalue weighted by Crippen LogP contribution is 2.13. The van der Waals surface area contributed by atoms with Crippen molar-refractivity contribution in [1.29, 1.82) is 0 Å². The molecule has 24 heavy (non-hydrogen) atoms. The van der Waals surface area contributed by atoms with E-state index in [0.29, 0.717) is 12.4 Å². The van der Waals surface area contributed by atoms with E-state index in [-0.39, 0.29) is 36.3 Å². The summed E-state index contributed by atoms with van der Waals surface area (Å²) in [5.74, 6) is 0.376. The van der Waals surface area contributed by atoms with Gasteiger partial charge in [-0.2, -0.15) is 0 Å². The molecule has 0 bridgehead atoms. The molecule has 8 nitrogen and oxygen atoms in total. The highest BCUT2D eigenvalue weighted by molar-refractivity contribution is 7.89. The van der Waals surface area contributed by atoms with Gasteiger partial charge in [0, 0.05) is 32.8 Å². The average molecular weight is 382 g/mol. The van der Waals surface area contributed by atoms with Crippen molar-refractivity contribution in [2.24, 2.45) is 12.8 Å². The monoisotopic (exact) mass is 381 g/mol. The third-order valence-corrected chi connectivity index (χ3v) is 5.49. The fourth-order valence-electron chi connectivity index (χ4n) is 2.15. The van der Waals surface area contributed by atoms with Gasteiger partial charge in [-0.05, 0) is 19.8 Å². The van der Waals surface area contributed by atoms with Crippen LogP contribution >= 0.6 is 12.4 Å². The van der Waals surface area contributed by atoms with Crippen LogP contribution in [0.2, 0.25) is 0 Å². The predicted molar refractivity (Wildman–Crippen MR) is 95.5 cm³/mol. The van der Waals surface area contributed by atoms with E-state index in [4.69, 9.17) is 5.73 Å². The van der Waals surface area contributed by atoms with Crippen LogP contribution in [-0.2, 0) is 21.9 Å². The van der Waals surface area contributed by atoms with E-state index >= 15 is 0 Å². The lowest BCUT2D eigenvalue weighted by atomic mass is 9.93. The van der Waals surface area contributed by atoms with Crippen LogP contribution in [0.3, 0.4) is 0 Å². The van der Waals surface area contributed by atoms with Gasteiger partial charge < -0.3 is 15.6 Å². The van der Waals surface area contributed by atoms with E-state index < -0.39 is 15.6 Å². The first-order chi connectivity index (χ1) is 10.7. The molecular weight excluding hydrogens is 354 g/mol. The van der Waals surface area contributed by atoms with Gasteiger partial charge in [0.15, 0.2) is 5.03 Å². The SMILES string of the molecule is CCC(CC)(CN)NC(=O)CCNS(=O)(=O)c1cn(C)c(C)n1.Cl. The third-order valence-electron chi connectivity index (χ3n) is 4.15. The Morgan fingerprint density at radius 3 is 2.38 bits per heavy atom. The van der Waals surface area contributed by atoms with Gasteiger partial charge in [-0.1, -0.05) is 13.8 Å². The Balaban J connectivity index is 0.00000529. The molecule has 1 aromatic rings. The largest absolute Gasteiger partial charge is 0.349 e. The first kappa shape index (κ1) is 22.8.